The molecule has 2 unspecified atom stereocenters. The van der Waals surface area contributed by atoms with Crippen molar-refractivity contribution in [2.45, 2.75) is 6.92 Å². The molecule has 0 saturated carbocycles. The molecule has 0 saturated heterocycles. The highest BCUT2D eigenvalue weighted by molar-refractivity contribution is 8.08. The predicted molar refractivity (Wildman–Crippen MR) is 66.2 cm³/mol. The minimum absolute atomic E-state index is 0.0350. The zero-order valence-corrected chi connectivity index (χ0v) is 11.3. The number of methoxy groups -OCH3 is 1. The zero-order chi connectivity index (χ0) is 13.0. The highest BCUT2D eigenvalue weighted by Gasteiger charge is 2.18. The molecule has 1 aromatic rings. The highest BCUT2D eigenvalue weighted by atomic mass is 32.0. The monoisotopic (exact) mass is 276 g/mol. The average molecular weight is 276 g/mol. The summed E-state index contributed by atoms with van der Waals surface area (Å²) < 4.78 is 22.0. The maximum Gasteiger partial charge on any atom is 0.346 e. The van der Waals surface area contributed by atoms with Gasteiger partial charge in [-0.1, -0.05) is 0 Å². The first kappa shape index (κ1) is 14.0. The third kappa shape index (κ3) is 3.72. The maximum atomic E-state index is 12.6. The van der Waals surface area contributed by atoms with Crippen molar-refractivity contribution in [3.8, 4) is 5.75 Å². The van der Waals surface area contributed by atoms with Crippen molar-refractivity contribution in [2.75, 3.05) is 7.11 Å². The molecule has 7 heteroatoms. The number of carbonyl (C=O) groups is 2. The van der Waals surface area contributed by atoms with Crippen LogP contribution in [0.25, 0.3) is 0 Å². The van der Waals surface area contributed by atoms with Gasteiger partial charge in [-0.2, -0.15) is 4.20 Å². The molecular formula is C10H11FO4P2. The van der Waals surface area contributed by atoms with Crippen LogP contribution in [-0.2, 0) is 4.52 Å². The molecule has 0 aliphatic rings. The normalized spacial score (nSPS) is 11.8. The molecule has 0 spiro atoms. The van der Waals surface area contributed by atoms with Crippen molar-refractivity contribution in [3.05, 3.63) is 29.3 Å². The molecule has 0 N–H and O–H groups in total. The molecule has 17 heavy (non-hydrogen) atoms. The highest BCUT2D eigenvalue weighted by Crippen LogP contribution is 2.48. The van der Waals surface area contributed by atoms with Gasteiger partial charge in [-0.3, -0.25) is 4.79 Å². The number of ketones is 1. The second-order valence-electron chi connectivity index (χ2n) is 3.12. The van der Waals surface area contributed by atoms with Crippen molar-refractivity contribution >= 4 is 28.8 Å². The van der Waals surface area contributed by atoms with E-state index >= 15 is 0 Å². The van der Waals surface area contributed by atoms with E-state index < -0.39 is 14.1 Å². The Bertz CT molecular complexity index is 448. The number of ether oxygens (including phenoxy) is 1. The summed E-state index contributed by atoms with van der Waals surface area (Å²) in [7, 11) is 0.757. The van der Waals surface area contributed by atoms with Crippen LogP contribution in [0.2, 0.25) is 0 Å². The molecule has 0 amide bonds. The maximum absolute atomic E-state index is 12.6. The van der Waals surface area contributed by atoms with Crippen LogP contribution >= 0.6 is 17.1 Å². The molecule has 92 valence electrons. The van der Waals surface area contributed by atoms with Gasteiger partial charge in [0.15, 0.2) is 5.78 Å². The SMILES string of the molecule is COc1ccc(C(C)=O)cc1C(=O)OP(F)P. The molecule has 2 atom stereocenters. The van der Waals surface area contributed by atoms with Crippen LogP contribution in [0.15, 0.2) is 18.2 Å². The Morgan fingerprint density at radius 3 is 2.53 bits per heavy atom. The Balaban J connectivity index is 3.14. The van der Waals surface area contributed by atoms with Gasteiger partial charge in [0.05, 0.1) is 7.11 Å². The van der Waals surface area contributed by atoms with Crippen molar-refractivity contribution in [1.82, 2.24) is 0 Å². The summed E-state index contributed by atoms with van der Waals surface area (Å²) in [6.07, 6.45) is 0. The molecule has 0 radical (unpaired) electrons. The van der Waals surface area contributed by atoms with Crippen LogP contribution in [-0.4, -0.2) is 18.9 Å². The van der Waals surface area contributed by atoms with Crippen molar-refractivity contribution in [2.24, 2.45) is 0 Å². The molecule has 0 aromatic heterocycles. The minimum Gasteiger partial charge on any atom is -0.496 e. The number of halogens is 1. The van der Waals surface area contributed by atoms with Crippen molar-refractivity contribution in [3.63, 3.8) is 0 Å². The number of hydrogen-bond donors (Lipinski definition) is 0. The molecule has 0 aliphatic carbocycles. The van der Waals surface area contributed by atoms with E-state index in [0.717, 1.165) is 0 Å². The van der Waals surface area contributed by atoms with Crippen LogP contribution in [0, 0.1) is 0 Å². The fourth-order valence-corrected chi connectivity index (χ4v) is 1.76. The van der Waals surface area contributed by atoms with E-state index in [-0.39, 0.29) is 17.1 Å². The number of carbonyl (C=O) groups excluding carboxylic acids is 2. The Morgan fingerprint density at radius 1 is 1.41 bits per heavy atom. The quantitative estimate of drug-likeness (QED) is 0.626. The smallest absolute Gasteiger partial charge is 0.346 e. The summed E-state index contributed by atoms with van der Waals surface area (Å²) in [5.41, 5.74) is 0.373. The second kappa shape index (κ2) is 6.04. The molecule has 0 bridgehead atoms. The second-order valence-corrected chi connectivity index (χ2v) is 5.07. The lowest BCUT2D eigenvalue weighted by molar-refractivity contribution is 0.0748. The van der Waals surface area contributed by atoms with Crippen LogP contribution in [0.5, 0.6) is 5.75 Å². The molecule has 0 fully saturated rings. The van der Waals surface area contributed by atoms with E-state index in [1.807, 2.05) is 0 Å². The summed E-state index contributed by atoms with van der Waals surface area (Å²) in [5.74, 6) is -0.814. The Morgan fingerprint density at radius 2 is 2.06 bits per heavy atom. The largest absolute Gasteiger partial charge is 0.496 e. The van der Waals surface area contributed by atoms with Crippen LogP contribution in [0.1, 0.15) is 27.6 Å². The van der Waals surface area contributed by atoms with Crippen molar-refractivity contribution < 1.29 is 23.0 Å². The van der Waals surface area contributed by atoms with E-state index in [1.54, 1.807) is 8.93 Å². The zero-order valence-electron chi connectivity index (χ0n) is 9.27. The Hall–Kier alpha value is -1.05. The lowest BCUT2D eigenvalue weighted by Gasteiger charge is -2.09. The van der Waals surface area contributed by atoms with Gasteiger partial charge in [0, 0.05) is 5.56 Å². The summed E-state index contributed by atoms with van der Waals surface area (Å²) in [4.78, 5) is 22.7. The standard InChI is InChI=1S/C10H11FO4P2/c1-6(12)7-3-4-9(14-2)8(5-7)10(13)15-17(11)16/h3-5H,16H2,1-2H3. The van der Waals surface area contributed by atoms with E-state index in [9.17, 15) is 13.8 Å². The first-order valence-electron chi connectivity index (χ1n) is 4.57. The number of rotatable bonds is 4. The van der Waals surface area contributed by atoms with E-state index in [0.29, 0.717) is 5.56 Å². The van der Waals surface area contributed by atoms with E-state index in [2.05, 4.69) is 4.52 Å². The summed E-state index contributed by atoms with van der Waals surface area (Å²) in [5, 5.41) is 0. The van der Waals surface area contributed by atoms with E-state index in [1.165, 1.54) is 32.2 Å². The van der Waals surface area contributed by atoms with Gasteiger partial charge in [0.25, 0.3) is 8.15 Å². The summed E-state index contributed by atoms with van der Waals surface area (Å²) >= 11 is 0. The predicted octanol–water partition coefficient (Wildman–Crippen LogP) is 3.13. The lowest BCUT2D eigenvalue weighted by Crippen LogP contribution is -2.05. The van der Waals surface area contributed by atoms with Gasteiger partial charge in [-0.25, -0.2) is 4.79 Å². The lowest BCUT2D eigenvalue weighted by atomic mass is 10.1. The summed E-state index contributed by atoms with van der Waals surface area (Å²) in [6, 6.07) is 4.32. The molecule has 4 nitrogen and oxygen atoms in total. The Labute approximate surface area is 102 Å². The third-order valence-corrected chi connectivity index (χ3v) is 2.65. The summed E-state index contributed by atoms with van der Waals surface area (Å²) in [6.45, 7) is 1.37. The molecule has 0 aliphatic heterocycles. The number of hydrogen-bond acceptors (Lipinski definition) is 4. The first-order valence-corrected chi connectivity index (χ1v) is 7.34. The van der Waals surface area contributed by atoms with Crippen LogP contribution in [0.4, 0.5) is 4.20 Å². The minimum atomic E-state index is -2.38. The third-order valence-electron chi connectivity index (χ3n) is 2.00. The van der Waals surface area contributed by atoms with Crippen molar-refractivity contribution in [1.29, 1.82) is 0 Å². The van der Waals surface area contributed by atoms with Gasteiger partial charge in [-0.05, 0) is 34.1 Å². The Kier molecular flexibility index (Phi) is 4.98. The number of benzene rings is 1. The fourth-order valence-electron chi connectivity index (χ4n) is 1.21. The average Bonchev–Trinajstić information content (AvgIpc) is 2.27. The van der Waals surface area contributed by atoms with Gasteiger partial charge in [0.2, 0.25) is 0 Å². The van der Waals surface area contributed by atoms with Gasteiger partial charge >= 0.3 is 5.97 Å². The van der Waals surface area contributed by atoms with Crippen LogP contribution in [0.3, 0.4) is 0 Å². The first-order chi connectivity index (χ1) is 7.95. The topological polar surface area (TPSA) is 52.6 Å². The van der Waals surface area contributed by atoms with Gasteiger partial charge in [-0.15, -0.1) is 0 Å². The van der Waals surface area contributed by atoms with Crippen LogP contribution < -0.4 is 4.74 Å². The van der Waals surface area contributed by atoms with Gasteiger partial charge < -0.3 is 9.26 Å². The fraction of sp³-hybridized carbons (Fsp3) is 0.200. The molecule has 0 heterocycles. The number of Topliss-reactive ketones (excluding diaryl/α,β-unsaturated/α-hetero) is 1. The van der Waals surface area contributed by atoms with Gasteiger partial charge in [0.1, 0.15) is 11.3 Å². The molecule has 1 rings (SSSR count). The molecule has 1 aromatic carbocycles. The molecular weight excluding hydrogens is 265 g/mol. The van der Waals surface area contributed by atoms with E-state index in [4.69, 9.17) is 4.74 Å².